The minimum absolute atomic E-state index is 0.102. The Morgan fingerprint density at radius 2 is 1.23 bits per heavy atom. The number of nitrogens with zero attached hydrogens (tertiary/aromatic N) is 3. The zero-order valence-electron chi connectivity index (χ0n) is 22.1. The predicted molar refractivity (Wildman–Crippen MR) is 157 cm³/mol. The monoisotopic (exact) mass is 515 g/mol. The molecule has 1 aromatic heterocycles. The lowest BCUT2D eigenvalue weighted by molar-refractivity contribution is 0.0700. The van der Waals surface area contributed by atoms with Crippen LogP contribution in [0, 0.1) is 0 Å². The van der Waals surface area contributed by atoms with Gasteiger partial charge in [0.2, 0.25) is 0 Å². The van der Waals surface area contributed by atoms with Crippen molar-refractivity contribution < 1.29 is 9.21 Å². The van der Waals surface area contributed by atoms with Gasteiger partial charge in [-0.2, -0.15) is 0 Å². The third-order valence-corrected chi connectivity index (χ3v) is 7.42. The number of hydrogen-bond acceptors (Lipinski definition) is 4. The molecule has 0 N–H and O–H groups in total. The van der Waals surface area contributed by atoms with Crippen molar-refractivity contribution in [2.75, 3.05) is 31.1 Å². The van der Waals surface area contributed by atoms with Gasteiger partial charge in [0.15, 0.2) is 5.76 Å². The van der Waals surface area contributed by atoms with Crippen LogP contribution >= 0.6 is 0 Å². The zero-order chi connectivity index (χ0) is 26.4. The summed E-state index contributed by atoms with van der Waals surface area (Å²) in [5, 5.41) is 0.960. The Morgan fingerprint density at radius 3 is 1.82 bits per heavy atom. The van der Waals surface area contributed by atoms with Gasteiger partial charge >= 0.3 is 0 Å². The lowest BCUT2D eigenvalue weighted by Crippen LogP contribution is -2.45. The molecule has 6 rings (SSSR count). The Kier molecular flexibility index (Phi) is 7.41. The molecule has 4 aromatic carbocycles. The maximum atomic E-state index is 13.7. The van der Waals surface area contributed by atoms with Crippen LogP contribution in [0.15, 0.2) is 120 Å². The molecule has 1 amide bonds. The average Bonchev–Trinajstić information content (AvgIpc) is 3.42. The molecule has 0 radical (unpaired) electrons. The first kappa shape index (κ1) is 25.0. The largest absolute Gasteiger partial charge is 0.451 e. The summed E-state index contributed by atoms with van der Waals surface area (Å²) >= 11 is 0. The van der Waals surface area contributed by atoms with Gasteiger partial charge in [-0.05, 0) is 41.0 Å². The highest BCUT2D eigenvalue weighted by atomic mass is 16.3. The van der Waals surface area contributed by atoms with Crippen molar-refractivity contribution in [2.45, 2.75) is 19.6 Å². The molecule has 2 heterocycles. The minimum atomic E-state index is -0.102. The molecule has 5 nitrogen and oxygen atoms in total. The first-order valence-corrected chi connectivity index (χ1v) is 13.6. The Labute approximate surface area is 229 Å². The second-order valence-electron chi connectivity index (χ2n) is 10.2. The number of hydrogen-bond donors (Lipinski definition) is 0. The van der Waals surface area contributed by atoms with Gasteiger partial charge in [-0.3, -0.25) is 9.69 Å². The van der Waals surface area contributed by atoms with Crippen LogP contribution in [0.3, 0.4) is 0 Å². The molecule has 0 unspecified atom stereocenters. The minimum Gasteiger partial charge on any atom is -0.451 e. The van der Waals surface area contributed by atoms with E-state index in [0.29, 0.717) is 18.8 Å². The van der Waals surface area contributed by atoms with Crippen molar-refractivity contribution in [3.05, 3.63) is 138 Å². The van der Waals surface area contributed by atoms with Crippen molar-refractivity contribution >= 4 is 22.6 Å². The first-order chi connectivity index (χ1) is 19.2. The van der Waals surface area contributed by atoms with E-state index >= 15 is 0 Å². The van der Waals surface area contributed by atoms with Gasteiger partial charge in [0.1, 0.15) is 5.58 Å². The van der Waals surface area contributed by atoms with Crippen molar-refractivity contribution in [3.8, 4) is 0 Å². The highest BCUT2D eigenvalue weighted by molar-refractivity contribution is 5.96. The van der Waals surface area contributed by atoms with Gasteiger partial charge in [-0.1, -0.05) is 91.0 Å². The predicted octanol–water partition coefficient (Wildman–Crippen LogP) is 6.60. The second-order valence-corrected chi connectivity index (χ2v) is 10.2. The summed E-state index contributed by atoms with van der Waals surface area (Å²) in [6.07, 6.45) is 0. The van der Waals surface area contributed by atoms with E-state index in [-0.39, 0.29) is 5.91 Å². The second kappa shape index (κ2) is 11.6. The van der Waals surface area contributed by atoms with E-state index in [1.807, 2.05) is 53.4 Å². The van der Waals surface area contributed by atoms with E-state index < -0.39 is 0 Å². The van der Waals surface area contributed by atoms with Crippen LogP contribution < -0.4 is 4.90 Å². The van der Waals surface area contributed by atoms with Crippen LogP contribution in [-0.4, -0.2) is 41.9 Å². The van der Waals surface area contributed by atoms with Crippen LogP contribution in [-0.2, 0) is 19.6 Å². The highest BCUT2D eigenvalue weighted by Crippen LogP contribution is 2.27. The van der Waals surface area contributed by atoms with Gasteiger partial charge < -0.3 is 14.2 Å². The van der Waals surface area contributed by atoms with Crippen molar-refractivity contribution in [1.29, 1.82) is 0 Å². The molecular weight excluding hydrogens is 482 g/mol. The SMILES string of the molecule is O=C(c1cc2cc(N3CCN(Cc4ccccc4)CC3)ccc2o1)N(Cc1ccccc1)Cc1ccccc1. The molecule has 5 aromatic rings. The van der Waals surface area contributed by atoms with Crippen LogP contribution in [0.2, 0.25) is 0 Å². The lowest BCUT2D eigenvalue weighted by atomic mass is 10.1. The van der Waals surface area contributed by atoms with Gasteiger partial charge in [-0.15, -0.1) is 0 Å². The van der Waals surface area contributed by atoms with E-state index in [4.69, 9.17) is 4.42 Å². The van der Waals surface area contributed by atoms with Gasteiger partial charge in [-0.25, -0.2) is 0 Å². The molecule has 1 saturated heterocycles. The molecule has 5 heteroatoms. The van der Waals surface area contributed by atoms with Crippen LogP contribution in [0.25, 0.3) is 11.0 Å². The fourth-order valence-corrected chi connectivity index (χ4v) is 5.30. The van der Waals surface area contributed by atoms with E-state index in [0.717, 1.165) is 54.8 Å². The summed E-state index contributed by atoms with van der Waals surface area (Å²) in [4.78, 5) is 20.5. The first-order valence-electron chi connectivity index (χ1n) is 13.6. The van der Waals surface area contributed by atoms with E-state index in [2.05, 4.69) is 76.5 Å². The fraction of sp³-hybridized carbons (Fsp3) is 0.206. The van der Waals surface area contributed by atoms with E-state index in [1.54, 1.807) is 0 Å². The summed E-state index contributed by atoms with van der Waals surface area (Å²) in [5.74, 6) is 0.275. The summed E-state index contributed by atoms with van der Waals surface area (Å²) in [6.45, 7) is 6.03. The maximum absolute atomic E-state index is 13.7. The molecule has 0 bridgehead atoms. The molecule has 0 saturated carbocycles. The average molecular weight is 516 g/mol. The zero-order valence-corrected chi connectivity index (χ0v) is 22.1. The Balaban J connectivity index is 1.17. The molecule has 1 aliphatic heterocycles. The molecule has 1 fully saturated rings. The fourth-order valence-electron chi connectivity index (χ4n) is 5.30. The molecule has 39 heavy (non-hydrogen) atoms. The quantitative estimate of drug-likeness (QED) is 0.234. The third kappa shape index (κ3) is 6.05. The molecular formula is C34H33N3O2. The van der Waals surface area contributed by atoms with Gasteiger partial charge in [0.05, 0.1) is 0 Å². The van der Waals surface area contributed by atoms with Gasteiger partial charge in [0, 0.05) is 56.9 Å². The number of anilines is 1. The number of carbonyl (C=O) groups is 1. The van der Waals surface area contributed by atoms with Crippen LogP contribution in [0.4, 0.5) is 5.69 Å². The topological polar surface area (TPSA) is 39.9 Å². The standard InChI is InChI=1S/C34H33N3O2/c38-34(37(25-28-12-6-2-7-13-28)26-29-14-8-3-9-15-29)33-23-30-22-31(16-17-32(30)39-33)36-20-18-35(19-21-36)24-27-10-4-1-5-11-27/h1-17,22-23H,18-21,24-26H2. The maximum Gasteiger partial charge on any atom is 0.290 e. The number of amides is 1. The van der Waals surface area contributed by atoms with Crippen molar-refractivity contribution in [1.82, 2.24) is 9.80 Å². The highest BCUT2D eigenvalue weighted by Gasteiger charge is 2.22. The van der Waals surface area contributed by atoms with Crippen LogP contribution in [0.5, 0.6) is 0 Å². The number of fused-ring (bicyclic) bond motifs is 1. The van der Waals surface area contributed by atoms with Crippen molar-refractivity contribution in [3.63, 3.8) is 0 Å². The molecule has 196 valence electrons. The molecule has 1 aliphatic rings. The number of benzene rings is 4. The lowest BCUT2D eigenvalue weighted by Gasteiger charge is -2.36. The molecule has 0 atom stereocenters. The summed E-state index contributed by atoms with van der Waals surface area (Å²) in [5.41, 5.74) is 5.45. The normalized spacial score (nSPS) is 14.0. The number of carbonyl (C=O) groups excluding carboxylic acids is 1. The molecule has 0 aliphatic carbocycles. The molecule has 0 spiro atoms. The van der Waals surface area contributed by atoms with E-state index in [1.165, 1.54) is 11.3 Å². The Hall–Kier alpha value is -4.35. The number of rotatable bonds is 8. The smallest absolute Gasteiger partial charge is 0.290 e. The van der Waals surface area contributed by atoms with Gasteiger partial charge in [0.25, 0.3) is 5.91 Å². The summed E-state index contributed by atoms with van der Waals surface area (Å²) in [6, 6.07) is 39.0. The van der Waals surface area contributed by atoms with Crippen molar-refractivity contribution in [2.24, 2.45) is 0 Å². The van der Waals surface area contributed by atoms with Crippen LogP contribution in [0.1, 0.15) is 27.2 Å². The summed E-state index contributed by atoms with van der Waals surface area (Å²) < 4.78 is 6.09. The Morgan fingerprint density at radius 1 is 0.667 bits per heavy atom. The number of furan rings is 1. The Bertz CT molecular complexity index is 1470. The number of piperazine rings is 1. The summed E-state index contributed by atoms with van der Waals surface area (Å²) in [7, 11) is 0. The van der Waals surface area contributed by atoms with E-state index in [9.17, 15) is 4.79 Å². The third-order valence-electron chi connectivity index (χ3n) is 7.42.